The van der Waals surface area contributed by atoms with Gasteiger partial charge in [0.1, 0.15) is 5.75 Å². The quantitative estimate of drug-likeness (QED) is 0.837. The lowest BCUT2D eigenvalue weighted by Gasteiger charge is -2.41. The van der Waals surface area contributed by atoms with Crippen molar-refractivity contribution in [1.29, 1.82) is 0 Å². The second-order valence-electron chi connectivity index (χ2n) is 6.71. The van der Waals surface area contributed by atoms with Crippen LogP contribution in [0.1, 0.15) is 6.42 Å². The number of carbonyl (C=O) groups is 2. The van der Waals surface area contributed by atoms with E-state index in [0.717, 1.165) is 6.42 Å². The number of benzene rings is 1. The van der Waals surface area contributed by atoms with E-state index in [1.807, 2.05) is 6.08 Å². The average molecular weight is 313 g/mol. The molecule has 4 aliphatic rings. The number of methoxy groups -OCH3 is 1. The number of aliphatic carboxylic acids is 1. The van der Waals surface area contributed by atoms with Crippen LogP contribution >= 0.6 is 0 Å². The van der Waals surface area contributed by atoms with Crippen molar-refractivity contribution in [2.45, 2.75) is 6.42 Å². The number of hydrogen-bond donors (Lipinski definition) is 2. The van der Waals surface area contributed by atoms with Gasteiger partial charge in [0.25, 0.3) is 0 Å². The van der Waals surface area contributed by atoms with Gasteiger partial charge in [-0.3, -0.25) is 9.59 Å². The fourth-order valence-electron chi connectivity index (χ4n) is 4.50. The van der Waals surface area contributed by atoms with Crippen molar-refractivity contribution < 1.29 is 19.4 Å². The number of amides is 1. The van der Waals surface area contributed by atoms with Crippen LogP contribution in [0.25, 0.3) is 0 Å². The summed E-state index contributed by atoms with van der Waals surface area (Å²) in [6.07, 6.45) is 5.14. The Balaban J connectivity index is 1.59. The monoisotopic (exact) mass is 313 g/mol. The molecule has 1 amide bonds. The van der Waals surface area contributed by atoms with E-state index in [0.29, 0.717) is 23.3 Å². The summed E-state index contributed by atoms with van der Waals surface area (Å²) in [6.45, 7) is 0. The van der Waals surface area contributed by atoms with Crippen LogP contribution in [-0.4, -0.2) is 24.1 Å². The molecule has 5 nitrogen and oxygen atoms in total. The van der Waals surface area contributed by atoms with E-state index in [-0.39, 0.29) is 17.7 Å². The van der Waals surface area contributed by atoms with Gasteiger partial charge in [0.2, 0.25) is 5.91 Å². The molecule has 0 saturated heterocycles. The van der Waals surface area contributed by atoms with Gasteiger partial charge in [-0.2, -0.15) is 0 Å². The van der Waals surface area contributed by atoms with Gasteiger partial charge in [-0.15, -0.1) is 0 Å². The standard InChI is InChI=1S/C18H19NO4/c1-23-10-4-2-3-9(7-10)19-17(20)15-11-5-6-12(14-8-13(11)14)16(15)18(21)22/h2-7,11-16H,8H2,1H3,(H,19,20)(H,21,22)/t11-,12-,13-,14-,15-,16+/m1/s1. The molecule has 2 saturated carbocycles. The number of ether oxygens (including phenoxy) is 1. The number of anilines is 1. The van der Waals surface area contributed by atoms with E-state index in [9.17, 15) is 14.7 Å². The molecule has 0 aromatic heterocycles. The highest BCUT2D eigenvalue weighted by Crippen LogP contribution is 2.63. The first-order valence-corrected chi connectivity index (χ1v) is 7.96. The van der Waals surface area contributed by atoms with Crippen molar-refractivity contribution in [3.05, 3.63) is 36.4 Å². The van der Waals surface area contributed by atoms with Crippen LogP contribution in [0.4, 0.5) is 5.69 Å². The predicted octanol–water partition coefficient (Wildman–Crippen LogP) is 2.40. The fourth-order valence-corrected chi connectivity index (χ4v) is 4.50. The van der Waals surface area contributed by atoms with E-state index in [1.165, 1.54) is 0 Å². The molecule has 2 fully saturated rings. The van der Waals surface area contributed by atoms with Crippen LogP contribution < -0.4 is 10.1 Å². The number of hydrogen-bond acceptors (Lipinski definition) is 3. The second kappa shape index (κ2) is 5.11. The largest absolute Gasteiger partial charge is 0.497 e. The molecular formula is C18H19NO4. The fraction of sp³-hybridized carbons (Fsp3) is 0.444. The molecule has 0 radical (unpaired) electrons. The molecular weight excluding hydrogens is 294 g/mol. The highest BCUT2D eigenvalue weighted by atomic mass is 16.5. The lowest BCUT2D eigenvalue weighted by atomic mass is 9.62. The summed E-state index contributed by atoms with van der Waals surface area (Å²) in [4.78, 5) is 24.5. The van der Waals surface area contributed by atoms with Gasteiger partial charge in [0.05, 0.1) is 18.9 Å². The van der Waals surface area contributed by atoms with E-state index in [1.54, 1.807) is 31.4 Å². The van der Waals surface area contributed by atoms with Crippen LogP contribution in [0.15, 0.2) is 36.4 Å². The van der Waals surface area contributed by atoms with Crippen molar-refractivity contribution in [2.75, 3.05) is 12.4 Å². The van der Waals surface area contributed by atoms with E-state index in [2.05, 4.69) is 11.4 Å². The molecule has 0 heterocycles. The van der Waals surface area contributed by atoms with Crippen LogP contribution in [0.2, 0.25) is 0 Å². The molecule has 0 spiro atoms. The van der Waals surface area contributed by atoms with E-state index < -0.39 is 17.8 Å². The van der Waals surface area contributed by atoms with Crippen molar-refractivity contribution in [3.63, 3.8) is 0 Å². The summed E-state index contributed by atoms with van der Waals surface area (Å²) in [5.41, 5.74) is 0.635. The van der Waals surface area contributed by atoms with Crippen molar-refractivity contribution >= 4 is 17.6 Å². The molecule has 5 heteroatoms. The van der Waals surface area contributed by atoms with Crippen molar-refractivity contribution in [3.8, 4) is 5.75 Å². The zero-order chi connectivity index (χ0) is 16.1. The first kappa shape index (κ1) is 14.3. The maximum Gasteiger partial charge on any atom is 0.307 e. The van der Waals surface area contributed by atoms with Crippen LogP contribution in [0, 0.1) is 35.5 Å². The highest BCUT2D eigenvalue weighted by molar-refractivity contribution is 5.96. The summed E-state index contributed by atoms with van der Waals surface area (Å²) in [6, 6.07) is 7.13. The topological polar surface area (TPSA) is 75.6 Å². The molecule has 1 aromatic rings. The molecule has 120 valence electrons. The normalized spacial score (nSPS) is 36.2. The third-order valence-electron chi connectivity index (χ3n) is 5.58. The number of carboxylic acids is 1. The maximum absolute atomic E-state index is 12.8. The van der Waals surface area contributed by atoms with Crippen LogP contribution in [0.3, 0.4) is 0 Å². The lowest BCUT2D eigenvalue weighted by molar-refractivity contribution is -0.152. The SMILES string of the molecule is COc1cccc(NC(=O)[C@@H]2[C@@H]3C=C[C@H]([C@H]4C[C@H]34)[C@@H]2C(=O)O)c1. The summed E-state index contributed by atoms with van der Waals surface area (Å²) >= 11 is 0. The Morgan fingerprint density at radius 2 is 1.87 bits per heavy atom. The molecule has 2 N–H and O–H groups in total. The summed E-state index contributed by atoms with van der Waals surface area (Å²) < 4.78 is 5.16. The minimum absolute atomic E-state index is 0.00330. The first-order chi connectivity index (χ1) is 11.1. The molecule has 6 atom stereocenters. The summed E-state index contributed by atoms with van der Waals surface area (Å²) in [7, 11) is 1.57. The highest BCUT2D eigenvalue weighted by Gasteiger charge is 2.62. The lowest BCUT2D eigenvalue weighted by Crippen LogP contribution is -2.48. The molecule has 0 unspecified atom stereocenters. The van der Waals surface area contributed by atoms with Crippen LogP contribution in [-0.2, 0) is 9.59 Å². The number of nitrogens with one attached hydrogen (secondary N) is 1. The average Bonchev–Trinajstić information content (AvgIpc) is 3.36. The first-order valence-electron chi connectivity index (χ1n) is 7.96. The second-order valence-corrected chi connectivity index (χ2v) is 6.71. The van der Waals surface area contributed by atoms with E-state index >= 15 is 0 Å². The predicted molar refractivity (Wildman–Crippen MR) is 84.0 cm³/mol. The molecule has 2 bridgehead atoms. The van der Waals surface area contributed by atoms with Crippen molar-refractivity contribution in [1.82, 2.24) is 0 Å². The summed E-state index contributed by atoms with van der Waals surface area (Å²) in [5.74, 6) is -0.494. The van der Waals surface area contributed by atoms with Crippen LogP contribution in [0.5, 0.6) is 5.75 Å². The Morgan fingerprint density at radius 1 is 1.17 bits per heavy atom. The number of rotatable bonds is 4. The maximum atomic E-state index is 12.8. The Bertz CT molecular complexity index is 698. The zero-order valence-corrected chi connectivity index (χ0v) is 12.8. The molecule has 1 aromatic carbocycles. The zero-order valence-electron chi connectivity index (χ0n) is 12.8. The third kappa shape index (κ3) is 2.22. The smallest absolute Gasteiger partial charge is 0.307 e. The summed E-state index contributed by atoms with van der Waals surface area (Å²) in [5, 5.41) is 12.5. The Morgan fingerprint density at radius 3 is 2.52 bits per heavy atom. The molecule has 5 rings (SSSR count). The Hall–Kier alpha value is -2.30. The van der Waals surface area contributed by atoms with Gasteiger partial charge in [-0.05, 0) is 42.2 Å². The van der Waals surface area contributed by atoms with Crippen molar-refractivity contribution in [2.24, 2.45) is 35.5 Å². The van der Waals surface area contributed by atoms with Gasteiger partial charge < -0.3 is 15.2 Å². The Labute approximate surface area is 134 Å². The Kier molecular flexibility index (Phi) is 3.18. The molecule has 0 aliphatic heterocycles. The number of carbonyl (C=O) groups excluding carboxylic acids is 1. The third-order valence-corrected chi connectivity index (χ3v) is 5.58. The van der Waals surface area contributed by atoms with E-state index in [4.69, 9.17) is 4.74 Å². The minimum Gasteiger partial charge on any atom is -0.497 e. The van der Waals surface area contributed by atoms with Gasteiger partial charge in [-0.25, -0.2) is 0 Å². The van der Waals surface area contributed by atoms with Gasteiger partial charge in [0, 0.05) is 11.8 Å². The minimum atomic E-state index is -0.861. The van der Waals surface area contributed by atoms with Gasteiger partial charge in [0.15, 0.2) is 0 Å². The molecule has 23 heavy (non-hydrogen) atoms. The number of allylic oxidation sites excluding steroid dienone is 2. The number of carboxylic acid groups (broad SMARTS) is 1. The van der Waals surface area contributed by atoms with Gasteiger partial charge in [-0.1, -0.05) is 18.2 Å². The molecule has 4 aliphatic carbocycles. The van der Waals surface area contributed by atoms with Gasteiger partial charge >= 0.3 is 5.97 Å². The number of fused-ring (bicyclic) bond motifs is 1.